The van der Waals surface area contributed by atoms with E-state index in [2.05, 4.69) is 34.4 Å². The first-order chi connectivity index (χ1) is 12.7. The predicted octanol–water partition coefficient (Wildman–Crippen LogP) is 3.25. The third-order valence-corrected chi connectivity index (χ3v) is 5.18. The van der Waals surface area contributed by atoms with E-state index in [0.29, 0.717) is 18.5 Å². The molecule has 1 unspecified atom stereocenters. The van der Waals surface area contributed by atoms with Gasteiger partial charge in [0, 0.05) is 39.3 Å². The fourth-order valence-electron chi connectivity index (χ4n) is 3.55. The third-order valence-electron chi connectivity index (χ3n) is 5.18. The van der Waals surface area contributed by atoms with E-state index in [1.54, 1.807) is 19.2 Å². The van der Waals surface area contributed by atoms with E-state index in [0.717, 1.165) is 44.4 Å². The van der Waals surface area contributed by atoms with E-state index in [9.17, 15) is 4.39 Å². The molecule has 1 aliphatic rings. The number of rotatable bonds is 8. The van der Waals surface area contributed by atoms with Gasteiger partial charge in [-0.05, 0) is 23.6 Å². The lowest BCUT2D eigenvalue weighted by molar-refractivity contribution is 0.00272. The second-order valence-corrected chi connectivity index (χ2v) is 6.73. The lowest BCUT2D eigenvalue weighted by Gasteiger charge is -2.39. The van der Waals surface area contributed by atoms with Gasteiger partial charge in [-0.15, -0.1) is 24.0 Å². The molecule has 0 amide bonds. The molecule has 5 nitrogen and oxygen atoms in total. The zero-order valence-electron chi connectivity index (χ0n) is 16.7. The molecule has 0 saturated carbocycles. The van der Waals surface area contributed by atoms with Crippen LogP contribution in [0.3, 0.4) is 0 Å². The number of nitrogens with zero attached hydrogens (tertiary/aromatic N) is 2. The van der Waals surface area contributed by atoms with E-state index in [1.165, 1.54) is 25.0 Å². The molecule has 1 atom stereocenters. The molecule has 1 fully saturated rings. The zero-order chi connectivity index (χ0) is 18.8. The Kier molecular flexibility index (Phi) is 11.9. The molecule has 27 heavy (non-hydrogen) atoms. The molecule has 1 heterocycles. The van der Waals surface area contributed by atoms with Crippen LogP contribution in [0.5, 0.6) is 0 Å². The number of hydrogen-bond acceptors (Lipinski definition) is 3. The summed E-state index contributed by atoms with van der Waals surface area (Å²) in [6.07, 6.45) is 2.34. The van der Waals surface area contributed by atoms with Crippen molar-refractivity contribution < 1.29 is 9.13 Å². The van der Waals surface area contributed by atoms with Crippen molar-refractivity contribution in [1.29, 1.82) is 0 Å². The van der Waals surface area contributed by atoms with Crippen molar-refractivity contribution in [3.8, 4) is 0 Å². The Hall–Kier alpha value is -0.930. The summed E-state index contributed by atoms with van der Waals surface area (Å²) in [5.74, 6) is 1.21. The highest BCUT2D eigenvalue weighted by molar-refractivity contribution is 14.0. The predicted molar refractivity (Wildman–Crippen MR) is 120 cm³/mol. The van der Waals surface area contributed by atoms with Crippen LogP contribution >= 0.6 is 24.0 Å². The van der Waals surface area contributed by atoms with Crippen LogP contribution in [0.2, 0.25) is 0 Å². The van der Waals surface area contributed by atoms with Gasteiger partial charge < -0.3 is 15.4 Å². The molecule has 2 N–H and O–H groups in total. The molecule has 1 saturated heterocycles. The number of guanidine groups is 1. The minimum atomic E-state index is -0.213. The van der Waals surface area contributed by atoms with E-state index in [1.807, 2.05) is 0 Å². The van der Waals surface area contributed by atoms with Crippen LogP contribution in [-0.2, 0) is 11.3 Å². The monoisotopic (exact) mass is 492 g/mol. The maximum Gasteiger partial charge on any atom is 0.191 e. The summed E-state index contributed by atoms with van der Waals surface area (Å²) >= 11 is 0. The smallest absolute Gasteiger partial charge is 0.191 e. The molecule has 154 valence electrons. The van der Waals surface area contributed by atoms with Crippen LogP contribution in [0.25, 0.3) is 0 Å². The van der Waals surface area contributed by atoms with E-state index >= 15 is 0 Å². The van der Waals surface area contributed by atoms with Crippen LogP contribution in [0.4, 0.5) is 4.39 Å². The van der Waals surface area contributed by atoms with Crippen LogP contribution in [0, 0.1) is 11.7 Å². The standard InChI is InChI=1S/C20H33FN4O.HI/c1-4-17(5-2)19(25-10-12-26-13-11-25)15-24-20(22-3)23-14-16-6-8-18(21)9-7-16;/h6-9,17,19H,4-5,10-15H2,1-3H3,(H2,22,23,24);1H. The van der Waals surface area contributed by atoms with Gasteiger partial charge in [0.25, 0.3) is 0 Å². The van der Waals surface area contributed by atoms with E-state index < -0.39 is 0 Å². The van der Waals surface area contributed by atoms with Crippen LogP contribution < -0.4 is 10.6 Å². The van der Waals surface area contributed by atoms with Crippen molar-refractivity contribution >= 4 is 29.9 Å². The molecule has 7 heteroatoms. The Morgan fingerprint density at radius 2 is 1.78 bits per heavy atom. The molecular weight excluding hydrogens is 458 g/mol. The average molecular weight is 492 g/mol. The maximum absolute atomic E-state index is 13.0. The number of ether oxygens (including phenoxy) is 1. The van der Waals surface area contributed by atoms with Crippen LogP contribution in [-0.4, -0.2) is 56.8 Å². The number of aliphatic imine (C=N–C) groups is 1. The summed E-state index contributed by atoms with van der Waals surface area (Å²) in [4.78, 5) is 6.87. The number of morpholine rings is 1. The summed E-state index contributed by atoms with van der Waals surface area (Å²) in [5, 5.41) is 6.79. The Bertz CT molecular complexity index is 545. The molecule has 0 radical (unpaired) electrons. The first-order valence-electron chi connectivity index (χ1n) is 9.68. The Balaban J connectivity index is 0.00000364. The summed E-state index contributed by atoms with van der Waals surface area (Å²) < 4.78 is 18.5. The van der Waals surface area contributed by atoms with Gasteiger partial charge in [-0.1, -0.05) is 38.8 Å². The highest BCUT2D eigenvalue weighted by Crippen LogP contribution is 2.19. The van der Waals surface area contributed by atoms with Crippen molar-refractivity contribution in [1.82, 2.24) is 15.5 Å². The topological polar surface area (TPSA) is 48.9 Å². The molecular formula is C20H34FIN4O. The second-order valence-electron chi connectivity index (χ2n) is 6.73. The van der Waals surface area contributed by atoms with E-state index in [4.69, 9.17) is 4.74 Å². The third kappa shape index (κ3) is 7.91. The number of halogens is 2. The molecule has 0 bridgehead atoms. The lowest BCUT2D eigenvalue weighted by Crippen LogP contribution is -2.53. The minimum Gasteiger partial charge on any atom is -0.379 e. The SMILES string of the molecule is CCC(CC)C(CNC(=NC)NCc1ccc(F)cc1)N1CCOCC1.I. The van der Waals surface area contributed by atoms with Crippen molar-refractivity contribution in [2.45, 2.75) is 39.3 Å². The largest absolute Gasteiger partial charge is 0.379 e. The molecule has 2 rings (SSSR count). The summed E-state index contributed by atoms with van der Waals surface area (Å²) in [6, 6.07) is 7.01. The minimum absolute atomic E-state index is 0. The molecule has 0 spiro atoms. The maximum atomic E-state index is 13.0. The van der Waals surface area contributed by atoms with Gasteiger partial charge in [0.15, 0.2) is 5.96 Å². The van der Waals surface area contributed by atoms with E-state index in [-0.39, 0.29) is 29.8 Å². The molecule has 0 aliphatic carbocycles. The molecule has 0 aromatic heterocycles. The van der Waals surface area contributed by atoms with Gasteiger partial charge in [-0.2, -0.15) is 0 Å². The first kappa shape index (κ1) is 24.1. The Labute approximate surface area is 180 Å². The summed E-state index contributed by atoms with van der Waals surface area (Å²) in [5.41, 5.74) is 1.03. The molecule has 1 aromatic rings. The van der Waals surface area contributed by atoms with Gasteiger partial charge in [0.05, 0.1) is 13.2 Å². The average Bonchev–Trinajstić information content (AvgIpc) is 2.69. The number of nitrogens with one attached hydrogen (secondary N) is 2. The number of hydrogen-bond donors (Lipinski definition) is 2. The second kappa shape index (κ2) is 13.3. The lowest BCUT2D eigenvalue weighted by atomic mass is 9.92. The highest BCUT2D eigenvalue weighted by Gasteiger charge is 2.26. The summed E-state index contributed by atoms with van der Waals surface area (Å²) in [7, 11) is 1.78. The zero-order valence-corrected chi connectivity index (χ0v) is 19.0. The first-order valence-corrected chi connectivity index (χ1v) is 9.68. The van der Waals surface area contributed by atoms with Crippen molar-refractivity contribution in [3.05, 3.63) is 35.6 Å². The Morgan fingerprint density at radius 3 is 2.33 bits per heavy atom. The number of benzene rings is 1. The van der Waals surface area contributed by atoms with Crippen molar-refractivity contribution in [2.24, 2.45) is 10.9 Å². The Morgan fingerprint density at radius 1 is 1.15 bits per heavy atom. The summed E-state index contributed by atoms with van der Waals surface area (Å²) in [6.45, 7) is 9.62. The van der Waals surface area contributed by atoms with Crippen molar-refractivity contribution in [2.75, 3.05) is 39.9 Å². The van der Waals surface area contributed by atoms with Gasteiger partial charge in [0.1, 0.15) is 5.82 Å². The van der Waals surface area contributed by atoms with Gasteiger partial charge in [-0.25, -0.2) is 4.39 Å². The van der Waals surface area contributed by atoms with Crippen LogP contribution in [0.15, 0.2) is 29.3 Å². The van der Waals surface area contributed by atoms with Gasteiger partial charge >= 0.3 is 0 Å². The quantitative estimate of drug-likeness (QED) is 0.333. The van der Waals surface area contributed by atoms with Gasteiger partial charge in [-0.3, -0.25) is 9.89 Å². The molecule has 1 aromatic carbocycles. The highest BCUT2D eigenvalue weighted by atomic mass is 127. The normalized spacial score (nSPS) is 16.7. The molecule has 1 aliphatic heterocycles. The fourth-order valence-corrected chi connectivity index (χ4v) is 3.55. The van der Waals surface area contributed by atoms with Gasteiger partial charge in [0.2, 0.25) is 0 Å². The van der Waals surface area contributed by atoms with Crippen LogP contribution in [0.1, 0.15) is 32.3 Å². The fraction of sp³-hybridized carbons (Fsp3) is 0.650. The van der Waals surface area contributed by atoms with Crippen molar-refractivity contribution in [3.63, 3.8) is 0 Å².